The van der Waals surface area contributed by atoms with Crippen LogP contribution in [-0.4, -0.2) is 39.4 Å². The minimum atomic E-state index is -4.56. The van der Waals surface area contributed by atoms with Crippen LogP contribution in [0.3, 0.4) is 0 Å². The van der Waals surface area contributed by atoms with Gasteiger partial charge in [-0.1, -0.05) is 12.1 Å². The fourth-order valence-corrected chi connectivity index (χ4v) is 6.35. The summed E-state index contributed by atoms with van der Waals surface area (Å²) in [5, 5.41) is 11.8. The van der Waals surface area contributed by atoms with E-state index >= 15 is 0 Å². The molecule has 1 aromatic heterocycles. The highest BCUT2D eigenvalue weighted by molar-refractivity contribution is 6.10. The standard InChI is InChI=1S/C29H32F3N5O2/c1-27(8-5-9-27)33-15-18-10-22-23(24(11-18)29(30,31)32)16-37(25(22)38)20-7-4-6-19(12-20)28(13-21(14-28)39-3)26-35-34-17-36(26)2/h4,6-7,10-12,17,21,33H,5,8-9,13-16H2,1-3H3/t21-,28+. The number of benzene rings is 2. The molecule has 0 spiro atoms. The molecule has 1 aliphatic heterocycles. The van der Waals surface area contributed by atoms with E-state index in [-0.39, 0.29) is 35.9 Å². The fraction of sp³-hybridized carbons (Fsp3) is 0.483. The molecular formula is C29H32F3N5O2. The minimum Gasteiger partial charge on any atom is -0.381 e. The molecule has 0 atom stereocenters. The molecule has 1 N–H and O–H groups in total. The first-order valence-electron chi connectivity index (χ1n) is 13.3. The predicted molar refractivity (Wildman–Crippen MR) is 139 cm³/mol. The molecule has 10 heteroatoms. The molecule has 206 valence electrons. The number of alkyl halides is 3. The number of rotatable bonds is 7. The molecule has 1 amide bonds. The lowest BCUT2D eigenvalue weighted by Crippen LogP contribution is -2.48. The number of halogens is 3. The fourth-order valence-electron chi connectivity index (χ4n) is 6.35. The van der Waals surface area contributed by atoms with Crippen molar-refractivity contribution in [1.82, 2.24) is 20.1 Å². The Morgan fingerprint density at radius 2 is 1.95 bits per heavy atom. The van der Waals surface area contributed by atoms with Gasteiger partial charge in [-0.05, 0) is 80.0 Å². The molecule has 3 aromatic rings. The molecule has 2 fully saturated rings. The van der Waals surface area contributed by atoms with Crippen molar-refractivity contribution in [2.45, 2.75) is 75.4 Å². The average Bonchev–Trinajstić information content (AvgIpc) is 3.44. The van der Waals surface area contributed by atoms with Crippen molar-refractivity contribution >= 4 is 11.6 Å². The van der Waals surface area contributed by atoms with E-state index in [0.29, 0.717) is 24.1 Å². The van der Waals surface area contributed by atoms with E-state index in [9.17, 15) is 18.0 Å². The summed E-state index contributed by atoms with van der Waals surface area (Å²) >= 11 is 0. The van der Waals surface area contributed by atoms with Gasteiger partial charge in [-0.15, -0.1) is 10.2 Å². The minimum absolute atomic E-state index is 0.0302. The second kappa shape index (κ2) is 9.16. The topological polar surface area (TPSA) is 72.3 Å². The first kappa shape index (κ1) is 26.0. The van der Waals surface area contributed by atoms with Crippen LogP contribution < -0.4 is 10.2 Å². The number of methoxy groups -OCH3 is 1. The van der Waals surface area contributed by atoms with Crippen LogP contribution in [0.4, 0.5) is 18.9 Å². The molecule has 2 saturated carbocycles. The number of aryl methyl sites for hydroxylation is 1. The van der Waals surface area contributed by atoms with Gasteiger partial charge in [0.25, 0.3) is 5.91 Å². The van der Waals surface area contributed by atoms with Crippen molar-refractivity contribution in [3.05, 3.63) is 76.4 Å². The highest BCUT2D eigenvalue weighted by Gasteiger charge is 2.50. The highest BCUT2D eigenvalue weighted by atomic mass is 19.4. The molecule has 2 heterocycles. The molecule has 0 unspecified atom stereocenters. The van der Waals surface area contributed by atoms with Gasteiger partial charge in [0.05, 0.1) is 23.6 Å². The van der Waals surface area contributed by atoms with Crippen molar-refractivity contribution in [1.29, 1.82) is 0 Å². The smallest absolute Gasteiger partial charge is 0.381 e. The van der Waals surface area contributed by atoms with E-state index in [1.807, 2.05) is 29.8 Å². The summed E-state index contributed by atoms with van der Waals surface area (Å²) in [6, 6.07) is 10.3. The second-order valence-electron chi connectivity index (χ2n) is 11.5. The molecule has 0 bridgehead atoms. The molecule has 0 radical (unpaired) electrons. The van der Waals surface area contributed by atoms with E-state index in [1.165, 1.54) is 11.0 Å². The molecule has 2 aromatic carbocycles. The van der Waals surface area contributed by atoms with Gasteiger partial charge in [0.2, 0.25) is 0 Å². The lowest BCUT2D eigenvalue weighted by molar-refractivity contribution is -0.138. The van der Waals surface area contributed by atoms with Gasteiger partial charge in [0.1, 0.15) is 12.2 Å². The van der Waals surface area contributed by atoms with Gasteiger partial charge in [0.15, 0.2) is 0 Å². The van der Waals surface area contributed by atoms with Crippen LogP contribution in [0.25, 0.3) is 0 Å². The maximum Gasteiger partial charge on any atom is 0.416 e. The number of fused-ring (bicyclic) bond motifs is 1. The van der Waals surface area contributed by atoms with Crippen molar-refractivity contribution in [2.24, 2.45) is 7.05 Å². The largest absolute Gasteiger partial charge is 0.416 e. The van der Waals surface area contributed by atoms with Crippen molar-refractivity contribution in [2.75, 3.05) is 12.0 Å². The molecule has 7 nitrogen and oxygen atoms in total. The number of amides is 1. The Morgan fingerprint density at radius 1 is 1.18 bits per heavy atom. The number of hydrogen-bond acceptors (Lipinski definition) is 5. The molecule has 2 aliphatic carbocycles. The Labute approximate surface area is 225 Å². The Morgan fingerprint density at radius 3 is 2.56 bits per heavy atom. The monoisotopic (exact) mass is 539 g/mol. The number of carbonyl (C=O) groups excluding carboxylic acids is 1. The lowest BCUT2D eigenvalue weighted by Gasteiger charge is -2.46. The van der Waals surface area contributed by atoms with Crippen LogP contribution >= 0.6 is 0 Å². The van der Waals surface area contributed by atoms with E-state index in [1.54, 1.807) is 25.6 Å². The van der Waals surface area contributed by atoms with Gasteiger partial charge >= 0.3 is 6.18 Å². The third kappa shape index (κ3) is 4.34. The van der Waals surface area contributed by atoms with Crippen molar-refractivity contribution in [3.8, 4) is 0 Å². The maximum absolute atomic E-state index is 14.2. The van der Waals surface area contributed by atoms with Gasteiger partial charge in [-0.25, -0.2) is 0 Å². The predicted octanol–water partition coefficient (Wildman–Crippen LogP) is 5.12. The molecule has 0 saturated heterocycles. The third-order valence-corrected chi connectivity index (χ3v) is 8.92. The Kier molecular flexibility index (Phi) is 6.11. The summed E-state index contributed by atoms with van der Waals surface area (Å²) in [5.41, 5.74) is 0.869. The van der Waals surface area contributed by atoms with E-state index in [4.69, 9.17) is 4.74 Å². The average molecular weight is 540 g/mol. The molecule has 39 heavy (non-hydrogen) atoms. The van der Waals surface area contributed by atoms with Crippen LogP contribution in [-0.2, 0) is 36.5 Å². The van der Waals surface area contributed by atoms with Crippen LogP contribution in [0.15, 0.2) is 42.7 Å². The number of aromatic nitrogens is 3. The third-order valence-electron chi connectivity index (χ3n) is 8.92. The SMILES string of the molecule is CO[C@H]1C[C@@](c2cccc(N3Cc4c(cc(CNC5(C)CCC5)cc4C(F)(F)F)C3=O)c2)(c2nncn2C)C1. The molecule has 3 aliphatic rings. The first-order valence-corrected chi connectivity index (χ1v) is 13.3. The Balaban J connectivity index is 1.34. The zero-order valence-corrected chi connectivity index (χ0v) is 22.3. The van der Waals surface area contributed by atoms with E-state index in [0.717, 1.165) is 30.7 Å². The maximum atomic E-state index is 14.2. The van der Waals surface area contributed by atoms with Crippen LogP contribution in [0.2, 0.25) is 0 Å². The van der Waals surface area contributed by atoms with Gasteiger partial charge in [-0.2, -0.15) is 13.2 Å². The summed E-state index contributed by atoms with van der Waals surface area (Å²) in [7, 11) is 3.56. The zero-order valence-electron chi connectivity index (χ0n) is 22.3. The lowest BCUT2D eigenvalue weighted by atomic mass is 9.62. The summed E-state index contributed by atoms with van der Waals surface area (Å²) < 4.78 is 50.0. The van der Waals surface area contributed by atoms with Gasteiger partial charge in [-0.3, -0.25) is 4.79 Å². The van der Waals surface area contributed by atoms with Crippen LogP contribution in [0.1, 0.15) is 77.5 Å². The highest BCUT2D eigenvalue weighted by Crippen LogP contribution is 2.50. The summed E-state index contributed by atoms with van der Waals surface area (Å²) in [6.07, 6.45) is 1.64. The quantitative estimate of drug-likeness (QED) is 0.451. The van der Waals surface area contributed by atoms with Gasteiger partial charge in [0, 0.05) is 37.5 Å². The summed E-state index contributed by atoms with van der Waals surface area (Å²) in [4.78, 5) is 15.1. The van der Waals surface area contributed by atoms with Crippen molar-refractivity contribution in [3.63, 3.8) is 0 Å². The second-order valence-corrected chi connectivity index (χ2v) is 11.5. The zero-order chi connectivity index (χ0) is 27.6. The Bertz CT molecular complexity index is 1420. The number of ether oxygens (including phenoxy) is 1. The van der Waals surface area contributed by atoms with E-state index < -0.39 is 23.1 Å². The number of anilines is 1. The van der Waals surface area contributed by atoms with E-state index in [2.05, 4.69) is 22.4 Å². The first-order chi connectivity index (χ1) is 18.5. The summed E-state index contributed by atoms with van der Waals surface area (Å²) in [6.45, 7) is 2.24. The Hall–Kier alpha value is -3.24. The van der Waals surface area contributed by atoms with Crippen LogP contribution in [0, 0.1) is 0 Å². The molecular weight excluding hydrogens is 507 g/mol. The number of nitrogens with one attached hydrogen (secondary N) is 1. The van der Waals surface area contributed by atoms with Gasteiger partial charge < -0.3 is 19.5 Å². The number of nitrogens with zero attached hydrogens (tertiary/aromatic N) is 4. The van der Waals surface area contributed by atoms with Crippen molar-refractivity contribution < 1.29 is 22.7 Å². The summed E-state index contributed by atoms with van der Waals surface area (Å²) in [5.74, 6) is 0.376. The normalized spacial score (nSPS) is 23.9. The number of hydrogen-bond donors (Lipinski definition) is 1. The molecule has 6 rings (SSSR count). The number of carbonyl (C=O) groups is 1. The van der Waals surface area contributed by atoms with Crippen LogP contribution in [0.5, 0.6) is 0 Å².